The predicted molar refractivity (Wildman–Crippen MR) is 53.0 cm³/mol. The lowest BCUT2D eigenvalue weighted by atomic mass is 10.2. The molecule has 13 heavy (non-hydrogen) atoms. The Hall–Kier alpha value is -1.57. The van der Waals surface area contributed by atoms with Crippen molar-refractivity contribution in [2.45, 2.75) is 13.8 Å². The maximum absolute atomic E-state index is 5.62. The minimum atomic E-state index is 0.862. The molecule has 0 saturated heterocycles. The molecule has 0 radical (unpaired) electrons. The van der Waals surface area contributed by atoms with Gasteiger partial charge in [0.2, 0.25) is 0 Å². The summed E-state index contributed by atoms with van der Waals surface area (Å²) < 4.78 is 5.62. The molecule has 0 N–H and O–H groups in total. The summed E-state index contributed by atoms with van der Waals surface area (Å²) in [5.41, 5.74) is 1.95. The second-order valence-electron chi connectivity index (χ2n) is 3.04. The molecule has 1 aromatic rings. The van der Waals surface area contributed by atoms with Gasteiger partial charge in [-0.1, -0.05) is 12.1 Å². The number of allylic oxidation sites excluding steroid dienone is 2. The molecule has 1 aliphatic heterocycles. The summed E-state index contributed by atoms with van der Waals surface area (Å²) in [6, 6.07) is 7.87. The first-order valence-electron chi connectivity index (χ1n) is 4.26. The van der Waals surface area contributed by atoms with Crippen LogP contribution in [0, 0.1) is 0 Å². The van der Waals surface area contributed by atoms with Crippen LogP contribution in [0.15, 0.2) is 40.7 Å². The van der Waals surface area contributed by atoms with E-state index in [1.165, 1.54) is 0 Å². The Bertz CT molecular complexity index is 391. The summed E-state index contributed by atoms with van der Waals surface area (Å²) >= 11 is 0. The summed E-state index contributed by atoms with van der Waals surface area (Å²) in [5, 5.41) is 0. The fourth-order valence-corrected chi connectivity index (χ4v) is 1.18. The molecule has 0 aliphatic carbocycles. The Morgan fingerprint density at radius 1 is 1.15 bits per heavy atom. The van der Waals surface area contributed by atoms with Crippen molar-refractivity contribution in [2.75, 3.05) is 0 Å². The SMILES string of the molecule is CC1=C(C)Oc2ccccc2C=N1. The molecule has 2 nitrogen and oxygen atoms in total. The maximum atomic E-state index is 5.62. The molecule has 0 atom stereocenters. The molecule has 66 valence electrons. The standard InChI is InChI=1S/C11H11NO/c1-8-9(2)13-11-6-4-3-5-10(11)7-12-8/h3-7H,1-2H3. The Morgan fingerprint density at radius 2 is 1.92 bits per heavy atom. The number of nitrogens with zero attached hydrogens (tertiary/aromatic N) is 1. The fraction of sp³-hybridized carbons (Fsp3) is 0.182. The number of para-hydroxylation sites is 1. The number of hydrogen-bond acceptors (Lipinski definition) is 2. The quantitative estimate of drug-likeness (QED) is 0.591. The van der Waals surface area contributed by atoms with Crippen LogP contribution in [0.25, 0.3) is 0 Å². The molecule has 0 fully saturated rings. The van der Waals surface area contributed by atoms with Crippen molar-refractivity contribution in [1.82, 2.24) is 0 Å². The maximum Gasteiger partial charge on any atom is 0.135 e. The molecular weight excluding hydrogens is 162 g/mol. The highest BCUT2D eigenvalue weighted by atomic mass is 16.5. The normalized spacial score (nSPS) is 14.9. The van der Waals surface area contributed by atoms with Gasteiger partial charge in [-0.3, -0.25) is 4.99 Å². The highest BCUT2D eigenvalue weighted by Crippen LogP contribution is 2.22. The molecule has 0 aromatic heterocycles. The van der Waals surface area contributed by atoms with Crippen LogP contribution in [-0.4, -0.2) is 6.21 Å². The average Bonchev–Trinajstić information content (AvgIpc) is 2.28. The van der Waals surface area contributed by atoms with E-state index in [1.54, 1.807) is 0 Å². The van der Waals surface area contributed by atoms with E-state index < -0.39 is 0 Å². The van der Waals surface area contributed by atoms with Crippen molar-refractivity contribution in [3.63, 3.8) is 0 Å². The van der Waals surface area contributed by atoms with Gasteiger partial charge in [0.15, 0.2) is 0 Å². The summed E-state index contributed by atoms with van der Waals surface area (Å²) in [4.78, 5) is 4.28. The van der Waals surface area contributed by atoms with Crippen LogP contribution in [-0.2, 0) is 0 Å². The summed E-state index contributed by atoms with van der Waals surface area (Å²) in [7, 11) is 0. The zero-order chi connectivity index (χ0) is 9.26. The molecule has 0 amide bonds. The Balaban J connectivity index is 2.51. The predicted octanol–water partition coefficient (Wildman–Crippen LogP) is 2.75. The number of rotatable bonds is 0. The van der Waals surface area contributed by atoms with Gasteiger partial charge in [0.05, 0.1) is 5.70 Å². The number of hydrogen-bond donors (Lipinski definition) is 0. The van der Waals surface area contributed by atoms with Crippen molar-refractivity contribution in [2.24, 2.45) is 4.99 Å². The first-order valence-corrected chi connectivity index (χ1v) is 4.26. The van der Waals surface area contributed by atoms with Gasteiger partial charge >= 0.3 is 0 Å². The topological polar surface area (TPSA) is 21.6 Å². The molecular formula is C11H11NO. The zero-order valence-corrected chi connectivity index (χ0v) is 7.74. The van der Waals surface area contributed by atoms with Gasteiger partial charge in [0.1, 0.15) is 11.5 Å². The van der Waals surface area contributed by atoms with E-state index in [4.69, 9.17) is 4.74 Å². The van der Waals surface area contributed by atoms with E-state index >= 15 is 0 Å². The molecule has 0 spiro atoms. The van der Waals surface area contributed by atoms with Gasteiger partial charge < -0.3 is 4.74 Å². The minimum Gasteiger partial charge on any atom is -0.459 e. The third-order valence-corrected chi connectivity index (χ3v) is 2.09. The summed E-state index contributed by atoms with van der Waals surface area (Å²) in [5.74, 6) is 1.74. The molecule has 1 heterocycles. The molecule has 1 aromatic carbocycles. The summed E-state index contributed by atoms with van der Waals surface area (Å²) in [6.07, 6.45) is 1.83. The molecule has 0 unspecified atom stereocenters. The van der Waals surface area contributed by atoms with Crippen LogP contribution in [0.5, 0.6) is 5.75 Å². The van der Waals surface area contributed by atoms with Crippen LogP contribution < -0.4 is 4.74 Å². The van der Waals surface area contributed by atoms with Crippen LogP contribution in [0.2, 0.25) is 0 Å². The number of aliphatic imine (C=N–C) groups is 1. The van der Waals surface area contributed by atoms with Gasteiger partial charge in [0, 0.05) is 11.8 Å². The lowest BCUT2D eigenvalue weighted by molar-refractivity contribution is 0.422. The van der Waals surface area contributed by atoms with Gasteiger partial charge in [0.25, 0.3) is 0 Å². The van der Waals surface area contributed by atoms with Crippen molar-refractivity contribution in [1.29, 1.82) is 0 Å². The van der Waals surface area contributed by atoms with Gasteiger partial charge in [-0.2, -0.15) is 0 Å². The Morgan fingerprint density at radius 3 is 2.77 bits per heavy atom. The highest BCUT2D eigenvalue weighted by Gasteiger charge is 2.06. The first-order chi connectivity index (χ1) is 6.27. The van der Waals surface area contributed by atoms with Gasteiger partial charge in [-0.15, -0.1) is 0 Å². The van der Waals surface area contributed by atoms with Crippen molar-refractivity contribution < 1.29 is 4.74 Å². The lowest BCUT2D eigenvalue weighted by Crippen LogP contribution is -1.93. The van der Waals surface area contributed by atoms with Gasteiger partial charge in [-0.05, 0) is 26.0 Å². The molecule has 0 saturated carbocycles. The minimum absolute atomic E-state index is 0.862. The van der Waals surface area contributed by atoms with Crippen molar-refractivity contribution in [3.8, 4) is 5.75 Å². The van der Waals surface area contributed by atoms with Crippen LogP contribution in [0.1, 0.15) is 19.4 Å². The van der Waals surface area contributed by atoms with E-state index in [9.17, 15) is 0 Å². The fourth-order valence-electron chi connectivity index (χ4n) is 1.18. The zero-order valence-electron chi connectivity index (χ0n) is 7.74. The molecule has 2 rings (SSSR count). The first kappa shape index (κ1) is 8.05. The molecule has 2 heteroatoms. The third-order valence-electron chi connectivity index (χ3n) is 2.09. The summed E-state index contributed by atoms with van der Waals surface area (Å²) in [6.45, 7) is 3.87. The van der Waals surface area contributed by atoms with E-state index in [1.807, 2.05) is 44.3 Å². The van der Waals surface area contributed by atoms with E-state index in [-0.39, 0.29) is 0 Å². The number of benzene rings is 1. The monoisotopic (exact) mass is 173 g/mol. The van der Waals surface area contributed by atoms with Crippen molar-refractivity contribution >= 4 is 6.21 Å². The van der Waals surface area contributed by atoms with E-state index in [0.29, 0.717) is 0 Å². The second-order valence-corrected chi connectivity index (χ2v) is 3.04. The Labute approximate surface area is 77.6 Å². The van der Waals surface area contributed by atoms with E-state index in [2.05, 4.69) is 4.99 Å². The third kappa shape index (κ3) is 1.47. The van der Waals surface area contributed by atoms with E-state index in [0.717, 1.165) is 22.8 Å². The smallest absolute Gasteiger partial charge is 0.135 e. The van der Waals surface area contributed by atoms with Crippen LogP contribution in [0.3, 0.4) is 0 Å². The van der Waals surface area contributed by atoms with Gasteiger partial charge in [-0.25, -0.2) is 0 Å². The lowest BCUT2D eigenvalue weighted by Gasteiger charge is -2.06. The van der Waals surface area contributed by atoms with Crippen LogP contribution in [0.4, 0.5) is 0 Å². The highest BCUT2D eigenvalue weighted by molar-refractivity contribution is 5.84. The van der Waals surface area contributed by atoms with Crippen LogP contribution >= 0.6 is 0 Å². The number of ether oxygens (including phenoxy) is 1. The largest absolute Gasteiger partial charge is 0.459 e. The number of fused-ring (bicyclic) bond motifs is 1. The van der Waals surface area contributed by atoms with Crippen molar-refractivity contribution in [3.05, 3.63) is 41.3 Å². The second kappa shape index (κ2) is 3.05. The molecule has 1 aliphatic rings. The Kier molecular flexibility index (Phi) is 1.89. The average molecular weight is 173 g/mol. The molecule has 0 bridgehead atoms.